The molecule has 3 rings (SSSR count). The highest BCUT2D eigenvalue weighted by Crippen LogP contribution is 2.25. The molecule has 15 heavy (non-hydrogen) atoms. The van der Waals surface area contributed by atoms with Crippen molar-refractivity contribution in [3.63, 3.8) is 0 Å². The first-order valence-electron chi connectivity index (χ1n) is 4.97. The molecule has 0 fully saturated rings. The minimum Gasteiger partial charge on any atom is -0.491 e. The van der Waals surface area contributed by atoms with E-state index in [-0.39, 0.29) is 5.69 Å². The van der Waals surface area contributed by atoms with Crippen molar-refractivity contribution < 1.29 is 4.74 Å². The van der Waals surface area contributed by atoms with E-state index in [1.807, 2.05) is 18.2 Å². The molecule has 0 unspecified atom stereocenters. The molecule has 1 aromatic heterocycles. The molecule has 4 nitrogen and oxygen atoms in total. The minimum atomic E-state index is -0.194. The van der Waals surface area contributed by atoms with Gasteiger partial charge in [-0.05, 0) is 12.5 Å². The summed E-state index contributed by atoms with van der Waals surface area (Å²) < 4.78 is 7.28. The molecule has 1 aliphatic rings. The summed E-state index contributed by atoms with van der Waals surface area (Å²) in [6.07, 6.45) is 2.45. The van der Waals surface area contributed by atoms with Crippen molar-refractivity contribution in [3.05, 3.63) is 34.9 Å². The average molecular weight is 202 g/mol. The van der Waals surface area contributed by atoms with E-state index in [0.717, 1.165) is 23.1 Å². The summed E-state index contributed by atoms with van der Waals surface area (Å²) >= 11 is 0. The molecule has 0 amide bonds. The molecule has 0 N–H and O–H groups in total. The fourth-order valence-corrected chi connectivity index (χ4v) is 1.95. The number of benzene rings is 1. The average Bonchev–Trinajstić information content (AvgIpc) is 2.48. The van der Waals surface area contributed by atoms with Crippen LogP contribution < -0.4 is 10.4 Å². The third-order valence-electron chi connectivity index (χ3n) is 2.63. The van der Waals surface area contributed by atoms with E-state index in [1.54, 1.807) is 10.8 Å². The lowest BCUT2D eigenvalue weighted by Crippen LogP contribution is -2.22. The number of aryl methyl sites for hydroxylation is 1. The van der Waals surface area contributed by atoms with Crippen molar-refractivity contribution in [1.29, 1.82) is 0 Å². The van der Waals surface area contributed by atoms with Crippen LogP contribution in [0.25, 0.3) is 10.9 Å². The van der Waals surface area contributed by atoms with Gasteiger partial charge in [-0.2, -0.15) is 0 Å². The zero-order chi connectivity index (χ0) is 10.3. The van der Waals surface area contributed by atoms with Crippen LogP contribution in [-0.4, -0.2) is 16.2 Å². The molecular weight excluding hydrogens is 192 g/mol. The number of nitrogens with zero attached hydrogens (tertiary/aromatic N) is 2. The van der Waals surface area contributed by atoms with Crippen LogP contribution in [0.3, 0.4) is 0 Å². The molecule has 76 valence electrons. The Balaban J connectivity index is 2.49. The lowest BCUT2D eigenvalue weighted by Gasteiger charge is -2.07. The van der Waals surface area contributed by atoms with Gasteiger partial charge in [0.25, 0.3) is 0 Å². The summed E-state index contributed by atoms with van der Waals surface area (Å²) in [6.45, 7) is 1.33. The summed E-state index contributed by atoms with van der Waals surface area (Å²) in [5.74, 6) is 0.782. The number of hydrogen-bond donors (Lipinski definition) is 0. The lowest BCUT2D eigenvalue weighted by molar-refractivity contribution is 0.315. The van der Waals surface area contributed by atoms with Crippen molar-refractivity contribution >= 4 is 10.9 Å². The van der Waals surface area contributed by atoms with Crippen molar-refractivity contribution in [3.8, 4) is 5.75 Å². The number of aromatic nitrogens is 2. The highest BCUT2D eigenvalue weighted by Gasteiger charge is 2.12. The molecule has 0 radical (unpaired) electrons. The summed E-state index contributed by atoms with van der Waals surface area (Å²) in [6, 6.07) is 5.75. The predicted octanol–water partition coefficient (Wildman–Crippen LogP) is 1.18. The van der Waals surface area contributed by atoms with Gasteiger partial charge in [-0.1, -0.05) is 12.1 Å². The van der Waals surface area contributed by atoms with Gasteiger partial charge in [0.05, 0.1) is 12.1 Å². The van der Waals surface area contributed by atoms with Crippen LogP contribution in [-0.2, 0) is 6.54 Å². The zero-order valence-corrected chi connectivity index (χ0v) is 8.14. The van der Waals surface area contributed by atoms with Crippen molar-refractivity contribution in [1.82, 2.24) is 9.55 Å². The lowest BCUT2D eigenvalue weighted by atomic mass is 10.2. The molecule has 4 heteroatoms. The van der Waals surface area contributed by atoms with Gasteiger partial charge in [-0.15, -0.1) is 0 Å². The van der Waals surface area contributed by atoms with Gasteiger partial charge in [-0.3, -0.25) is 4.57 Å². The summed E-state index contributed by atoms with van der Waals surface area (Å²) in [7, 11) is 0. The molecule has 1 aromatic carbocycles. The third kappa shape index (κ3) is 1.21. The summed E-state index contributed by atoms with van der Waals surface area (Å²) in [5.41, 5.74) is 0.676. The fraction of sp³-hybridized carbons (Fsp3) is 0.273. The van der Waals surface area contributed by atoms with E-state index >= 15 is 0 Å². The Labute approximate surface area is 86.1 Å². The van der Waals surface area contributed by atoms with Gasteiger partial charge in [0.1, 0.15) is 5.75 Å². The number of rotatable bonds is 0. The van der Waals surface area contributed by atoms with Crippen molar-refractivity contribution in [2.24, 2.45) is 0 Å². The van der Waals surface area contributed by atoms with Gasteiger partial charge in [0.2, 0.25) is 0 Å². The smallest absolute Gasteiger partial charge is 0.348 e. The van der Waals surface area contributed by atoms with Crippen LogP contribution in [0.5, 0.6) is 5.75 Å². The van der Waals surface area contributed by atoms with Gasteiger partial charge in [0, 0.05) is 18.1 Å². The van der Waals surface area contributed by atoms with Crippen LogP contribution in [0.4, 0.5) is 0 Å². The van der Waals surface area contributed by atoms with E-state index in [1.165, 1.54) is 0 Å². The molecule has 0 atom stereocenters. The topological polar surface area (TPSA) is 44.1 Å². The van der Waals surface area contributed by atoms with E-state index < -0.39 is 0 Å². The number of para-hydroxylation sites is 1. The predicted molar refractivity (Wildman–Crippen MR) is 56.1 cm³/mol. The maximum atomic E-state index is 11.6. The fourth-order valence-electron chi connectivity index (χ4n) is 1.95. The molecule has 0 bridgehead atoms. The Bertz CT molecular complexity index is 574. The van der Waals surface area contributed by atoms with Crippen LogP contribution in [0.15, 0.2) is 29.2 Å². The van der Waals surface area contributed by atoms with Crippen molar-refractivity contribution in [2.45, 2.75) is 13.0 Å². The van der Waals surface area contributed by atoms with E-state index in [2.05, 4.69) is 4.98 Å². The van der Waals surface area contributed by atoms with Gasteiger partial charge in [-0.25, -0.2) is 9.78 Å². The molecule has 0 aliphatic carbocycles. The molecule has 2 heterocycles. The molecule has 0 saturated carbocycles. The van der Waals surface area contributed by atoms with Gasteiger partial charge < -0.3 is 4.74 Å². The Morgan fingerprint density at radius 3 is 3.27 bits per heavy atom. The quantitative estimate of drug-likeness (QED) is 0.644. The highest BCUT2D eigenvalue weighted by molar-refractivity contribution is 5.84. The Morgan fingerprint density at radius 1 is 1.40 bits per heavy atom. The van der Waals surface area contributed by atoms with Crippen LogP contribution in [0.2, 0.25) is 0 Å². The Morgan fingerprint density at radius 2 is 2.33 bits per heavy atom. The van der Waals surface area contributed by atoms with Gasteiger partial charge in [0.15, 0.2) is 0 Å². The monoisotopic (exact) mass is 202 g/mol. The Hall–Kier alpha value is -1.84. The van der Waals surface area contributed by atoms with Crippen molar-refractivity contribution in [2.75, 3.05) is 6.61 Å². The molecule has 0 spiro atoms. The van der Waals surface area contributed by atoms with Crippen LogP contribution >= 0.6 is 0 Å². The first-order chi connectivity index (χ1) is 7.36. The SMILES string of the molecule is O=c1ncc2cccc3c2n1CCCO3. The largest absolute Gasteiger partial charge is 0.491 e. The first kappa shape index (κ1) is 8.47. The maximum absolute atomic E-state index is 11.6. The summed E-state index contributed by atoms with van der Waals surface area (Å²) in [4.78, 5) is 15.4. The summed E-state index contributed by atoms with van der Waals surface area (Å²) in [5, 5.41) is 0.953. The molecule has 1 aliphatic heterocycles. The second kappa shape index (κ2) is 3.08. The standard InChI is InChI=1S/C11H10N2O2/c14-11-12-7-8-3-1-4-9-10(8)13(11)5-2-6-15-9/h1,3-4,7H,2,5-6H2. The molecule has 0 saturated heterocycles. The first-order valence-corrected chi connectivity index (χ1v) is 4.97. The molecule has 2 aromatic rings. The minimum absolute atomic E-state index is 0.194. The zero-order valence-electron chi connectivity index (χ0n) is 8.14. The second-order valence-corrected chi connectivity index (χ2v) is 3.59. The third-order valence-corrected chi connectivity index (χ3v) is 2.63. The number of hydrogen-bond acceptors (Lipinski definition) is 3. The highest BCUT2D eigenvalue weighted by atomic mass is 16.5. The van der Waals surface area contributed by atoms with E-state index in [9.17, 15) is 4.79 Å². The van der Waals surface area contributed by atoms with Crippen LogP contribution in [0, 0.1) is 0 Å². The van der Waals surface area contributed by atoms with Crippen LogP contribution in [0.1, 0.15) is 6.42 Å². The molecular formula is C11H10N2O2. The maximum Gasteiger partial charge on any atom is 0.348 e. The number of ether oxygens (including phenoxy) is 1. The van der Waals surface area contributed by atoms with E-state index in [4.69, 9.17) is 4.74 Å². The Kier molecular flexibility index (Phi) is 1.74. The second-order valence-electron chi connectivity index (χ2n) is 3.59. The van der Waals surface area contributed by atoms with E-state index in [0.29, 0.717) is 13.2 Å². The normalized spacial score (nSPS) is 14.7. The van der Waals surface area contributed by atoms with Gasteiger partial charge >= 0.3 is 5.69 Å².